The molecule has 1 aromatic carbocycles. The minimum atomic E-state index is -2.13. The van der Waals surface area contributed by atoms with Gasteiger partial charge < -0.3 is 5.32 Å². The summed E-state index contributed by atoms with van der Waals surface area (Å²) < 4.78 is 15.6. The molecule has 1 N–H and O–H groups in total. The van der Waals surface area contributed by atoms with Gasteiger partial charge in [-0.25, -0.2) is 4.39 Å². The Kier molecular flexibility index (Phi) is 4.85. The zero-order valence-corrected chi connectivity index (χ0v) is 15.2. The number of allylic oxidation sites excluding steroid dienone is 1. The Morgan fingerprint density at radius 1 is 1.44 bits per heavy atom. The molecule has 1 atom stereocenters. The van der Waals surface area contributed by atoms with E-state index in [-0.39, 0.29) is 18.5 Å². The van der Waals surface area contributed by atoms with E-state index < -0.39 is 11.6 Å². The highest BCUT2D eigenvalue weighted by Gasteiger charge is 2.45. The number of hydrogen-bond donors (Lipinski definition) is 1. The van der Waals surface area contributed by atoms with Gasteiger partial charge in [0, 0.05) is 28.4 Å². The molecule has 0 fully saturated rings. The van der Waals surface area contributed by atoms with Crippen molar-refractivity contribution in [1.29, 1.82) is 0 Å². The van der Waals surface area contributed by atoms with E-state index in [1.807, 2.05) is 6.92 Å². The summed E-state index contributed by atoms with van der Waals surface area (Å²) in [5, 5.41) is 3.63. The fraction of sp³-hybridized carbons (Fsp3) is 0.263. The molecule has 1 aliphatic carbocycles. The van der Waals surface area contributed by atoms with Crippen molar-refractivity contribution in [1.82, 2.24) is 10.3 Å². The highest BCUT2D eigenvalue weighted by atomic mass is 35.5. The molecule has 0 saturated heterocycles. The van der Waals surface area contributed by atoms with Crippen LogP contribution in [0.1, 0.15) is 35.2 Å². The largest absolute Gasteiger partial charge is 0.349 e. The summed E-state index contributed by atoms with van der Waals surface area (Å²) in [4.78, 5) is 16.8. The predicted octanol–water partition coefficient (Wildman–Crippen LogP) is 4.99. The molecule has 2 aromatic rings. The van der Waals surface area contributed by atoms with Crippen LogP contribution in [0.4, 0.5) is 4.39 Å². The Morgan fingerprint density at radius 2 is 2.20 bits per heavy atom. The Bertz CT molecular complexity index is 845. The second-order valence-electron chi connectivity index (χ2n) is 6.17. The van der Waals surface area contributed by atoms with Crippen LogP contribution in [0.2, 0.25) is 10.0 Å². The summed E-state index contributed by atoms with van der Waals surface area (Å²) in [7, 11) is 0. The molecule has 1 unspecified atom stereocenters. The van der Waals surface area contributed by atoms with Crippen LogP contribution in [-0.2, 0) is 17.0 Å². The predicted molar refractivity (Wildman–Crippen MR) is 98.3 cm³/mol. The number of amides is 1. The summed E-state index contributed by atoms with van der Waals surface area (Å²) in [5.74, 6) is -0.695. The minimum Gasteiger partial charge on any atom is -0.349 e. The lowest BCUT2D eigenvalue weighted by atomic mass is 9.80. The number of carbonyl (C=O) groups is 1. The molecule has 0 bridgehead atoms. The Balaban J connectivity index is 1.85. The SMILES string of the molecule is C=C1CCC(F)(C(=O)NCc2c(C)cc(Cl)cc2Cl)c2cccnc21. The van der Waals surface area contributed by atoms with Gasteiger partial charge in [-0.3, -0.25) is 9.78 Å². The fourth-order valence-corrected chi connectivity index (χ4v) is 3.75. The topological polar surface area (TPSA) is 42.0 Å². The van der Waals surface area contributed by atoms with Crippen molar-refractivity contribution in [2.24, 2.45) is 0 Å². The third-order valence-corrected chi connectivity index (χ3v) is 5.07. The Hall–Kier alpha value is -1.91. The van der Waals surface area contributed by atoms with E-state index in [4.69, 9.17) is 23.2 Å². The van der Waals surface area contributed by atoms with E-state index in [9.17, 15) is 4.79 Å². The van der Waals surface area contributed by atoms with Gasteiger partial charge >= 0.3 is 0 Å². The van der Waals surface area contributed by atoms with Gasteiger partial charge in [-0.2, -0.15) is 0 Å². The molecular formula is C19H17Cl2FN2O. The molecule has 1 aliphatic rings. The molecule has 0 aliphatic heterocycles. The minimum absolute atomic E-state index is 0.0453. The molecule has 1 heterocycles. The molecule has 1 amide bonds. The van der Waals surface area contributed by atoms with Crippen LogP contribution in [0.3, 0.4) is 0 Å². The maximum atomic E-state index is 15.6. The summed E-state index contributed by atoms with van der Waals surface area (Å²) in [6.07, 6.45) is 2.00. The molecule has 1 aromatic heterocycles. The molecule has 0 saturated carbocycles. The molecular weight excluding hydrogens is 362 g/mol. The molecule has 0 radical (unpaired) electrons. The number of pyridine rings is 1. The quantitative estimate of drug-likeness (QED) is 0.817. The lowest BCUT2D eigenvalue weighted by Crippen LogP contribution is -2.43. The van der Waals surface area contributed by atoms with Crippen LogP contribution < -0.4 is 5.32 Å². The lowest BCUT2D eigenvalue weighted by molar-refractivity contribution is -0.134. The number of carbonyl (C=O) groups excluding carboxylic acids is 1. The number of aromatic nitrogens is 1. The molecule has 0 spiro atoms. The third kappa shape index (κ3) is 3.29. The van der Waals surface area contributed by atoms with E-state index in [1.54, 1.807) is 30.5 Å². The van der Waals surface area contributed by atoms with Crippen molar-refractivity contribution < 1.29 is 9.18 Å². The van der Waals surface area contributed by atoms with E-state index in [2.05, 4.69) is 16.9 Å². The highest BCUT2D eigenvalue weighted by molar-refractivity contribution is 6.35. The van der Waals surface area contributed by atoms with Gasteiger partial charge in [0.2, 0.25) is 5.67 Å². The van der Waals surface area contributed by atoms with Crippen LogP contribution in [0.5, 0.6) is 0 Å². The second kappa shape index (κ2) is 6.77. The van der Waals surface area contributed by atoms with Gasteiger partial charge in [0.15, 0.2) is 0 Å². The average molecular weight is 379 g/mol. The van der Waals surface area contributed by atoms with Crippen molar-refractivity contribution in [3.8, 4) is 0 Å². The van der Waals surface area contributed by atoms with Gasteiger partial charge in [-0.15, -0.1) is 0 Å². The van der Waals surface area contributed by atoms with Crippen molar-refractivity contribution in [3.63, 3.8) is 0 Å². The van der Waals surface area contributed by atoms with Crippen LogP contribution in [0, 0.1) is 6.92 Å². The van der Waals surface area contributed by atoms with Crippen LogP contribution in [0.15, 0.2) is 37.0 Å². The average Bonchev–Trinajstić information content (AvgIpc) is 2.57. The normalized spacial score (nSPS) is 19.4. The second-order valence-corrected chi connectivity index (χ2v) is 7.01. The molecule has 3 nitrogen and oxygen atoms in total. The molecule has 3 rings (SSSR count). The first-order valence-electron chi connectivity index (χ1n) is 7.88. The number of aryl methyl sites for hydroxylation is 1. The number of rotatable bonds is 3. The lowest BCUT2D eigenvalue weighted by Gasteiger charge is -2.31. The zero-order valence-electron chi connectivity index (χ0n) is 13.7. The first-order chi connectivity index (χ1) is 11.8. The van der Waals surface area contributed by atoms with E-state index in [0.29, 0.717) is 22.2 Å². The van der Waals surface area contributed by atoms with E-state index in [1.165, 1.54) is 0 Å². The Labute approximate surface area is 155 Å². The fourth-order valence-electron chi connectivity index (χ4n) is 3.08. The maximum absolute atomic E-state index is 15.6. The smallest absolute Gasteiger partial charge is 0.262 e. The summed E-state index contributed by atoms with van der Waals surface area (Å²) in [6, 6.07) is 6.57. The zero-order chi connectivity index (χ0) is 18.2. The number of nitrogens with zero attached hydrogens (tertiary/aromatic N) is 1. The van der Waals surface area contributed by atoms with Crippen molar-refractivity contribution in [2.75, 3.05) is 0 Å². The monoisotopic (exact) mass is 378 g/mol. The van der Waals surface area contributed by atoms with Crippen LogP contribution in [0.25, 0.3) is 5.57 Å². The van der Waals surface area contributed by atoms with Gasteiger partial charge in [-0.05, 0) is 54.7 Å². The number of benzene rings is 1. The van der Waals surface area contributed by atoms with Crippen LogP contribution >= 0.6 is 23.2 Å². The number of nitrogens with one attached hydrogen (secondary N) is 1. The summed E-state index contributed by atoms with van der Waals surface area (Å²) >= 11 is 12.1. The number of halogens is 3. The third-order valence-electron chi connectivity index (χ3n) is 4.51. The number of fused-ring (bicyclic) bond motifs is 1. The maximum Gasteiger partial charge on any atom is 0.262 e. The summed E-state index contributed by atoms with van der Waals surface area (Å²) in [5.41, 5.74) is 0.903. The van der Waals surface area contributed by atoms with E-state index >= 15 is 4.39 Å². The van der Waals surface area contributed by atoms with Crippen molar-refractivity contribution >= 4 is 34.7 Å². The Morgan fingerprint density at radius 3 is 2.92 bits per heavy atom. The van der Waals surface area contributed by atoms with E-state index in [0.717, 1.165) is 16.7 Å². The molecule has 6 heteroatoms. The first-order valence-corrected chi connectivity index (χ1v) is 8.64. The summed E-state index contributed by atoms with van der Waals surface area (Å²) in [6.45, 7) is 5.88. The standard InChI is InChI=1S/C19H17Cl2FN2O/c1-11-5-6-19(22,15-4-3-7-23-17(11)15)18(25)24-10-14-12(2)8-13(20)9-16(14)21/h3-4,7-9H,1,5-6,10H2,2H3,(H,24,25). The van der Waals surface area contributed by atoms with Crippen LogP contribution in [-0.4, -0.2) is 10.9 Å². The van der Waals surface area contributed by atoms with Gasteiger partial charge in [0.1, 0.15) is 0 Å². The van der Waals surface area contributed by atoms with Crippen molar-refractivity contribution in [2.45, 2.75) is 32.0 Å². The number of hydrogen-bond acceptors (Lipinski definition) is 2. The first kappa shape index (κ1) is 17.9. The molecule has 25 heavy (non-hydrogen) atoms. The van der Waals surface area contributed by atoms with Crippen molar-refractivity contribution in [3.05, 3.63) is 69.5 Å². The van der Waals surface area contributed by atoms with Gasteiger partial charge in [0.05, 0.1) is 5.69 Å². The molecule has 130 valence electrons. The van der Waals surface area contributed by atoms with Gasteiger partial charge in [0.25, 0.3) is 5.91 Å². The number of alkyl halides is 1. The highest BCUT2D eigenvalue weighted by Crippen LogP contribution is 2.42. The van der Waals surface area contributed by atoms with Gasteiger partial charge in [-0.1, -0.05) is 35.8 Å².